The van der Waals surface area contributed by atoms with Crippen molar-refractivity contribution in [3.05, 3.63) is 71.8 Å². The molecule has 0 aliphatic rings. The molecule has 0 bridgehead atoms. The Bertz CT molecular complexity index is 517. The van der Waals surface area contributed by atoms with E-state index in [1.54, 1.807) is 0 Å². The van der Waals surface area contributed by atoms with E-state index in [9.17, 15) is 10.2 Å². The van der Waals surface area contributed by atoms with Crippen LogP contribution in [0.2, 0.25) is 0 Å². The van der Waals surface area contributed by atoms with Crippen molar-refractivity contribution >= 4 is 0 Å². The molecular weight excluding hydrogens is 320 g/mol. The maximum atomic E-state index is 9.64. The van der Waals surface area contributed by atoms with Crippen molar-refractivity contribution in [3.63, 3.8) is 0 Å². The lowest BCUT2D eigenvalue weighted by atomic mass is 9.85. The quantitative estimate of drug-likeness (QED) is 0.706. The van der Waals surface area contributed by atoms with Crippen LogP contribution in [0.5, 0.6) is 0 Å². The van der Waals surface area contributed by atoms with Gasteiger partial charge in [0.25, 0.3) is 0 Å². The van der Waals surface area contributed by atoms with Crippen LogP contribution in [0.15, 0.2) is 60.7 Å². The molecule has 26 heavy (non-hydrogen) atoms. The Kier molecular flexibility index (Phi) is 9.61. The maximum absolute atomic E-state index is 9.64. The van der Waals surface area contributed by atoms with Crippen LogP contribution in [-0.2, 0) is 0 Å². The van der Waals surface area contributed by atoms with Gasteiger partial charge in [-0.1, -0.05) is 88.4 Å². The van der Waals surface area contributed by atoms with Gasteiger partial charge in [0.1, 0.15) is 0 Å². The predicted octanol–water partition coefficient (Wildman–Crippen LogP) is 5.61. The van der Waals surface area contributed by atoms with Crippen LogP contribution >= 0.6 is 0 Å². The summed E-state index contributed by atoms with van der Waals surface area (Å²) in [5.74, 6) is 1.45. The zero-order chi connectivity index (χ0) is 19.7. The molecule has 2 aromatic rings. The normalized spacial score (nSPS) is 15.8. The highest BCUT2D eigenvalue weighted by Crippen LogP contribution is 2.28. The molecule has 0 saturated carbocycles. The van der Waals surface area contributed by atoms with Crippen LogP contribution < -0.4 is 0 Å². The second-order valence-corrected chi connectivity index (χ2v) is 7.84. The van der Waals surface area contributed by atoms with Crippen LogP contribution in [0.25, 0.3) is 0 Å². The molecule has 0 radical (unpaired) electrons. The minimum absolute atomic E-state index is 0.251. The van der Waals surface area contributed by atoms with Gasteiger partial charge in [-0.05, 0) is 36.8 Å². The fraction of sp³-hybridized carbons (Fsp3) is 0.500. The summed E-state index contributed by atoms with van der Waals surface area (Å²) in [6, 6.07) is 20.4. The molecule has 0 heterocycles. The summed E-state index contributed by atoms with van der Waals surface area (Å²) in [7, 11) is 0. The topological polar surface area (TPSA) is 40.5 Å². The SMILES string of the molecule is CC(C)[C@@H](c1ccccc1)C(C)O.CC(C)[C@@H](c1ccccc1)C(C)O. The average Bonchev–Trinajstić information content (AvgIpc) is 2.56. The molecule has 0 aromatic heterocycles. The highest BCUT2D eigenvalue weighted by atomic mass is 16.3. The van der Waals surface area contributed by atoms with Crippen molar-refractivity contribution in [2.24, 2.45) is 11.8 Å². The molecular formula is C24H36O2. The monoisotopic (exact) mass is 356 g/mol. The first-order valence-electron chi connectivity index (χ1n) is 9.71. The van der Waals surface area contributed by atoms with Crippen molar-refractivity contribution in [3.8, 4) is 0 Å². The van der Waals surface area contributed by atoms with E-state index in [2.05, 4.69) is 52.0 Å². The first kappa shape index (κ1) is 22.4. The van der Waals surface area contributed by atoms with E-state index in [4.69, 9.17) is 0 Å². The van der Waals surface area contributed by atoms with Crippen molar-refractivity contribution in [2.75, 3.05) is 0 Å². The van der Waals surface area contributed by atoms with Gasteiger partial charge in [0, 0.05) is 11.8 Å². The van der Waals surface area contributed by atoms with E-state index in [0.717, 1.165) is 0 Å². The van der Waals surface area contributed by atoms with Crippen LogP contribution in [0.4, 0.5) is 0 Å². The fourth-order valence-electron chi connectivity index (χ4n) is 3.79. The van der Waals surface area contributed by atoms with Crippen molar-refractivity contribution in [2.45, 2.75) is 65.6 Å². The third-order valence-corrected chi connectivity index (χ3v) is 4.84. The Labute approximate surface area is 159 Å². The van der Waals surface area contributed by atoms with E-state index in [1.807, 2.05) is 50.2 Å². The summed E-state index contributed by atoms with van der Waals surface area (Å²) < 4.78 is 0. The maximum Gasteiger partial charge on any atom is 0.0583 e. The van der Waals surface area contributed by atoms with Crippen molar-refractivity contribution in [1.82, 2.24) is 0 Å². The van der Waals surface area contributed by atoms with Gasteiger partial charge in [-0.2, -0.15) is 0 Å². The summed E-state index contributed by atoms with van der Waals surface area (Å²) in [4.78, 5) is 0. The van der Waals surface area contributed by atoms with E-state index in [-0.39, 0.29) is 24.0 Å². The van der Waals surface area contributed by atoms with Gasteiger partial charge in [0.2, 0.25) is 0 Å². The Balaban J connectivity index is 0.000000260. The molecule has 0 spiro atoms. The number of hydrogen-bond acceptors (Lipinski definition) is 2. The van der Waals surface area contributed by atoms with E-state index in [0.29, 0.717) is 11.8 Å². The molecule has 2 rings (SSSR count). The van der Waals surface area contributed by atoms with Gasteiger partial charge in [-0.25, -0.2) is 0 Å². The molecule has 2 aromatic carbocycles. The van der Waals surface area contributed by atoms with Gasteiger partial charge in [-0.3, -0.25) is 0 Å². The molecule has 2 unspecified atom stereocenters. The standard InChI is InChI=1S/2C12H18O/c2*1-9(2)12(10(3)13)11-7-5-4-6-8-11/h2*4-10,12-13H,1-3H3/t2*10?,12-/m11/s1. The van der Waals surface area contributed by atoms with E-state index in [1.165, 1.54) is 11.1 Å². The number of aliphatic hydroxyl groups excluding tert-OH is 2. The lowest BCUT2D eigenvalue weighted by Crippen LogP contribution is -2.19. The minimum Gasteiger partial charge on any atom is -0.393 e. The van der Waals surface area contributed by atoms with Gasteiger partial charge in [-0.15, -0.1) is 0 Å². The van der Waals surface area contributed by atoms with Crippen LogP contribution in [0, 0.1) is 11.8 Å². The average molecular weight is 357 g/mol. The number of rotatable bonds is 6. The van der Waals surface area contributed by atoms with Crippen LogP contribution in [-0.4, -0.2) is 22.4 Å². The zero-order valence-electron chi connectivity index (χ0n) is 17.1. The first-order chi connectivity index (χ1) is 12.3. The molecule has 0 aliphatic carbocycles. The molecule has 0 amide bonds. The molecule has 2 heteroatoms. The van der Waals surface area contributed by atoms with Gasteiger partial charge < -0.3 is 10.2 Å². The summed E-state index contributed by atoms with van der Waals surface area (Å²) >= 11 is 0. The second-order valence-electron chi connectivity index (χ2n) is 7.84. The lowest BCUT2D eigenvalue weighted by Gasteiger charge is -2.24. The molecule has 2 N–H and O–H groups in total. The third-order valence-electron chi connectivity index (χ3n) is 4.84. The Morgan fingerprint density at radius 1 is 0.500 bits per heavy atom. The Hall–Kier alpha value is -1.64. The molecule has 0 fully saturated rings. The van der Waals surface area contributed by atoms with Crippen molar-refractivity contribution < 1.29 is 10.2 Å². The predicted molar refractivity (Wildman–Crippen MR) is 111 cm³/mol. The molecule has 2 nitrogen and oxygen atoms in total. The lowest BCUT2D eigenvalue weighted by molar-refractivity contribution is 0.139. The summed E-state index contributed by atoms with van der Waals surface area (Å²) in [6.45, 7) is 12.3. The highest BCUT2D eigenvalue weighted by Gasteiger charge is 2.21. The van der Waals surface area contributed by atoms with Gasteiger partial charge >= 0.3 is 0 Å². The summed E-state index contributed by atoms with van der Waals surface area (Å²) in [5.41, 5.74) is 2.46. The molecule has 4 atom stereocenters. The third kappa shape index (κ3) is 6.93. The van der Waals surface area contributed by atoms with E-state index < -0.39 is 0 Å². The van der Waals surface area contributed by atoms with E-state index >= 15 is 0 Å². The molecule has 144 valence electrons. The Morgan fingerprint density at radius 2 is 0.769 bits per heavy atom. The summed E-state index contributed by atoms with van der Waals surface area (Å²) in [5, 5.41) is 19.3. The van der Waals surface area contributed by atoms with Gasteiger partial charge in [0.15, 0.2) is 0 Å². The summed E-state index contributed by atoms with van der Waals surface area (Å²) in [6.07, 6.45) is -0.551. The second kappa shape index (κ2) is 11.2. The smallest absolute Gasteiger partial charge is 0.0583 e. The fourth-order valence-corrected chi connectivity index (χ4v) is 3.79. The number of benzene rings is 2. The zero-order valence-corrected chi connectivity index (χ0v) is 17.1. The minimum atomic E-state index is -0.276. The first-order valence-corrected chi connectivity index (χ1v) is 9.71. The number of aliphatic hydroxyl groups is 2. The molecule has 0 saturated heterocycles. The van der Waals surface area contributed by atoms with Gasteiger partial charge in [0.05, 0.1) is 12.2 Å². The highest BCUT2D eigenvalue weighted by molar-refractivity contribution is 5.21. The molecule has 0 aliphatic heterocycles. The van der Waals surface area contributed by atoms with Crippen LogP contribution in [0.3, 0.4) is 0 Å². The largest absolute Gasteiger partial charge is 0.393 e. The number of hydrogen-bond donors (Lipinski definition) is 2. The Morgan fingerprint density at radius 3 is 0.962 bits per heavy atom. The van der Waals surface area contributed by atoms with Crippen molar-refractivity contribution in [1.29, 1.82) is 0 Å². The van der Waals surface area contributed by atoms with Crippen LogP contribution in [0.1, 0.15) is 64.5 Å².